The minimum Gasteiger partial charge on any atom is -0.377 e. The molecule has 0 aromatic heterocycles. The normalized spacial score (nSPS) is 38.6. The van der Waals surface area contributed by atoms with Crippen molar-refractivity contribution in [1.82, 2.24) is 5.32 Å². The number of nitriles is 1. The molecule has 0 amide bonds. The third-order valence-electron chi connectivity index (χ3n) is 4.27. The summed E-state index contributed by atoms with van der Waals surface area (Å²) in [4.78, 5) is 0. The number of ether oxygens (including phenoxy) is 1. The van der Waals surface area contributed by atoms with Crippen LogP contribution in [0.4, 0.5) is 0 Å². The first-order valence-electron chi connectivity index (χ1n) is 7.02. The Morgan fingerprint density at radius 1 is 1.29 bits per heavy atom. The van der Waals surface area contributed by atoms with Crippen LogP contribution in [-0.4, -0.2) is 24.8 Å². The van der Waals surface area contributed by atoms with Crippen molar-refractivity contribution in [2.75, 3.05) is 13.2 Å². The van der Waals surface area contributed by atoms with E-state index in [0.717, 1.165) is 38.3 Å². The second kappa shape index (κ2) is 5.84. The first kappa shape index (κ1) is 12.9. The molecule has 2 aliphatic rings. The molecule has 1 heterocycles. The van der Waals surface area contributed by atoms with Crippen LogP contribution < -0.4 is 5.32 Å². The molecule has 0 radical (unpaired) electrons. The van der Waals surface area contributed by atoms with Crippen LogP contribution in [0.1, 0.15) is 51.9 Å². The maximum absolute atomic E-state index is 9.47. The molecule has 3 heteroatoms. The summed E-state index contributed by atoms with van der Waals surface area (Å²) in [6, 6.07) is 2.54. The van der Waals surface area contributed by atoms with Gasteiger partial charge in [0.15, 0.2) is 0 Å². The number of hydrogen-bond acceptors (Lipinski definition) is 3. The molecule has 0 aromatic rings. The zero-order chi connectivity index (χ0) is 12.1. The van der Waals surface area contributed by atoms with E-state index in [1.165, 1.54) is 25.7 Å². The zero-order valence-electron chi connectivity index (χ0n) is 10.9. The summed E-state index contributed by atoms with van der Waals surface area (Å²) in [5.74, 6) is 0.773. The van der Waals surface area contributed by atoms with Crippen LogP contribution >= 0.6 is 0 Å². The van der Waals surface area contributed by atoms with E-state index >= 15 is 0 Å². The van der Waals surface area contributed by atoms with Crippen LogP contribution in [-0.2, 0) is 4.74 Å². The average molecular weight is 236 g/mol. The SMILES string of the molecule is CC1CCCC(C#N)(NCC2CCCO2)CC1. The maximum Gasteiger partial charge on any atom is 0.106 e. The highest BCUT2D eigenvalue weighted by atomic mass is 16.5. The quantitative estimate of drug-likeness (QED) is 0.766. The van der Waals surface area contributed by atoms with Crippen molar-refractivity contribution in [2.24, 2.45) is 5.92 Å². The van der Waals surface area contributed by atoms with Gasteiger partial charge >= 0.3 is 0 Å². The van der Waals surface area contributed by atoms with Gasteiger partial charge in [-0.1, -0.05) is 19.8 Å². The Balaban J connectivity index is 1.87. The van der Waals surface area contributed by atoms with Crippen molar-refractivity contribution in [3.8, 4) is 6.07 Å². The molecule has 0 aromatic carbocycles. The minimum absolute atomic E-state index is 0.281. The van der Waals surface area contributed by atoms with Crippen molar-refractivity contribution in [2.45, 2.75) is 63.5 Å². The van der Waals surface area contributed by atoms with E-state index in [4.69, 9.17) is 4.74 Å². The first-order valence-corrected chi connectivity index (χ1v) is 7.02. The Morgan fingerprint density at radius 3 is 2.88 bits per heavy atom. The monoisotopic (exact) mass is 236 g/mol. The highest BCUT2D eigenvalue weighted by molar-refractivity contribution is 5.08. The molecule has 96 valence electrons. The van der Waals surface area contributed by atoms with Gasteiger partial charge in [0.25, 0.3) is 0 Å². The lowest BCUT2D eigenvalue weighted by Gasteiger charge is -2.28. The van der Waals surface area contributed by atoms with Crippen molar-refractivity contribution in [1.29, 1.82) is 5.26 Å². The van der Waals surface area contributed by atoms with E-state index in [-0.39, 0.29) is 5.54 Å². The molecule has 3 atom stereocenters. The van der Waals surface area contributed by atoms with Gasteiger partial charge in [-0.05, 0) is 38.0 Å². The predicted molar refractivity (Wildman–Crippen MR) is 67.6 cm³/mol. The molecule has 1 aliphatic heterocycles. The van der Waals surface area contributed by atoms with Crippen LogP contribution in [0.15, 0.2) is 0 Å². The maximum atomic E-state index is 9.47. The van der Waals surface area contributed by atoms with Gasteiger partial charge in [-0.15, -0.1) is 0 Å². The van der Waals surface area contributed by atoms with Gasteiger partial charge in [-0.25, -0.2) is 0 Å². The van der Waals surface area contributed by atoms with E-state index in [1.54, 1.807) is 0 Å². The molecular formula is C14H24N2O. The Hall–Kier alpha value is -0.590. The summed E-state index contributed by atoms with van der Waals surface area (Å²) in [6.45, 7) is 4.04. The van der Waals surface area contributed by atoms with Crippen LogP contribution in [0.2, 0.25) is 0 Å². The van der Waals surface area contributed by atoms with Crippen molar-refractivity contribution in [3.63, 3.8) is 0 Å². The lowest BCUT2D eigenvalue weighted by Crippen LogP contribution is -2.46. The van der Waals surface area contributed by atoms with Crippen molar-refractivity contribution in [3.05, 3.63) is 0 Å². The summed E-state index contributed by atoms with van der Waals surface area (Å²) in [7, 11) is 0. The Labute approximate surface area is 105 Å². The van der Waals surface area contributed by atoms with Gasteiger partial charge in [0.05, 0.1) is 12.2 Å². The lowest BCUT2D eigenvalue weighted by molar-refractivity contribution is 0.103. The third kappa shape index (κ3) is 3.43. The fraction of sp³-hybridized carbons (Fsp3) is 0.929. The summed E-state index contributed by atoms with van der Waals surface area (Å²) >= 11 is 0. The third-order valence-corrected chi connectivity index (χ3v) is 4.27. The number of hydrogen-bond donors (Lipinski definition) is 1. The van der Waals surface area contributed by atoms with E-state index < -0.39 is 0 Å². The van der Waals surface area contributed by atoms with Gasteiger partial charge in [0.1, 0.15) is 5.54 Å². The molecule has 1 saturated carbocycles. The van der Waals surface area contributed by atoms with Gasteiger partial charge in [-0.3, -0.25) is 5.32 Å². The molecule has 0 spiro atoms. The topological polar surface area (TPSA) is 45.0 Å². The molecule has 2 fully saturated rings. The van der Waals surface area contributed by atoms with Crippen LogP contribution in [0.5, 0.6) is 0 Å². The molecule has 1 saturated heterocycles. The molecule has 17 heavy (non-hydrogen) atoms. The van der Waals surface area contributed by atoms with E-state index in [1.807, 2.05) is 0 Å². The summed E-state index contributed by atoms with van der Waals surface area (Å²) in [6.07, 6.45) is 8.26. The first-order chi connectivity index (χ1) is 8.24. The van der Waals surface area contributed by atoms with Crippen LogP contribution in [0.3, 0.4) is 0 Å². The van der Waals surface area contributed by atoms with Gasteiger partial charge < -0.3 is 4.74 Å². The van der Waals surface area contributed by atoms with E-state index in [2.05, 4.69) is 18.3 Å². The predicted octanol–water partition coefficient (Wildman–Crippen LogP) is 2.62. The van der Waals surface area contributed by atoms with E-state index in [0.29, 0.717) is 6.10 Å². The van der Waals surface area contributed by atoms with Crippen molar-refractivity contribution >= 4 is 0 Å². The van der Waals surface area contributed by atoms with Gasteiger partial charge in [0, 0.05) is 13.2 Å². The Bertz CT molecular complexity index is 280. The molecule has 3 nitrogen and oxygen atoms in total. The average Bonchev–Trinajstić information content (AvgIpc) is 2.79. The second-order valence-corrected chi connectivity index (χ2v) is 5.75. The fourth-order valence-electron chi connectivity index (χ4n) is 2.96. The molecule has 1 aliphatic carbocycles. The molecule has 0 bridgehead atoms. The standard InChI is InChI=1S/C14H24N2O/c1-12-4-2-7-14(11-15,8-6-12)16-10-13-5-3-9-17-13/h12-13,16H,2-10H2,1H3. The minimum atomic E-state index is -0.281. The van der Waals surface area contributed by atoms with Crippen molar-refractivity contribution < 1.29 is 4.74 Å². The lowest BCUT2D eigenvalue weighted by atomic mass is 9.91. The molecule has 1 N–H and O–H groups in total. The highest BCUT2D eigenvalue weighted by Crippen LogP contribution is 2.30. The molecule has 2 rings (SSSR count). The summed E-state index contributed by atoms with van der Waals surface area (Å²) in [5, 5.41) is 13.0. The zero-order valence-corrected chi connectivity index (χ0v) is 10.9. The molecular weight excluding hydrogens is 212 g/mol. The van der Waals surface area contributed by atoms with E-state index in [9.17, 15) is 5.26 Å². The fourth-order valence-corrected chi connectivity index (χ4v) is 2.96. The second-order valence-electron chi connectivity index (χ2n) is 5.75. The number of nitrogens with zero attached hydrogens (tertiary/aromatic N) is 1. The Morgan fingerprint density at radius 2 is 2.18 bits per heavy atom. The van der Waals surface area contributed by atoms with Gasteiger partial charge in [0.2, 0.25) is 0 Å². The summed E-state index contributed by atoms with van der Waals surface area (Å²) in [5.41, 5.74) is -0.281. The molecule has 3 unspecified atom stereocenters. The van der Waals surface area contributed by atoms with Gasteiger partial charge in [-0.2, -0.15) is 5.26 Å². The number of rotatable bonds is 3. The Kier molecular flexibility index (Phi) is 4.42. The highest BCUT2D eigenvalue weighted by Gasteiger charge is 2.33. The van der Waals surface area contributed by atoms with Crippen LogP contribution in [0.25, 0.3) is 0 Å². The smallest absolute Gasteiger partial charge is 0.106 e. The number of nitrogens with one attached hydrogen (secondary N) is 1. The summed E-state index contributed by atoms with van der Waals surface area (Å²) < 4.78 is 5.61. The van der Waals surface area contributed by atoms with Crippen LogP contribution in [0, 0.1) is 17.2 Å². The largest absolute Gasteiger partial charge is 0.377 e.